The van der Waals surface area contributed by atoms with Gasteiger partial charge in [0.1, 0.15) is 0 Å². The molecule has 0 radical (unpaired) electrons. The second-order valence-electron chi connectivity index (χ2n) is 5.88. The summed E-state index contributed by atoms with van der Waals surface area (Å²) in [4.78, 5) is 12.4. The number of carbonyl (C=O) groups is 1. The fourth-order valence-electron chi connectivity index (χ4n) is 2.59. The SMILES string of the molecule is O=C(CC1(CC/C=C\C2CC2)OCCO1)[Se]c1ccccc1. The number of hydrogen-bond acceptors (Lipinski definition) is 3. The molecule has 1 saturated carbocycles. The Morgan fingerprint density at radius 2 is 1.95 bits per heavy atom. The topological polar surface area (TPSA) is 35.5 Å². The summed E-state index contributed by atoms with van der Waals surface area (Å²) < 4.78 is 13.0. The molecule has 3 rings (SSSR count). The van der Waals surface area contributed by atoms with Crippen molar-refractivity contribution in [2.75, 3.05) is 13.2 Å². The minimum atomic E-state index is -0.679. The van der Waals surface area contributed by atoms with Crippen molar-refractivity contribution in [1.82, 2.24) is 0 Å². The van der Waals surface area contributed by atoms with E-state index in [1.54, 1.807) is 0 Å². The first-order valence-electron chi connectivity index (χ1n) is 7.96. The van der Waals surface area contributed by atoms with Gasteiger partial charge in [-0.1, -0.05) is 0 Å². The summed E-state index contributed by atoms with van der Waals surface area (Å²) in [6.07, 6.45) is 9.23. The Kier molecular flexibility index (Phi) is 5.48. The third-order valence-electron chi connectivity index (χ3n) is 3.92. The van der Waals surface area contributed by atoms with Gasteiger partial charge in [0.2, 0.25) is 0 Å². The van der Waals surface area contributed by atoms with Crippen LogP contribution >= 0.6 is 0 Å². The molecule has 0 amide bonds. The van der Waals surface area contributed by atoms with Gasteiger partial charge in [-0.25, -0.2) is 0 Å². The summed E-state index contributed by atoms with van der Waals surface area (Å²) in [5.41, 5.74) is 0. The third kappa shape index (κ3) is 4.79. The van der Waals surface area contributed by atoms with Crippen LogP contribution < -0.4 is 4.46 Å². The Labute approximate surface area is 138 Å². The van der Waals surface area contributed by atoms with Crippen LogP contribution in [0, 0.1) is 5.92 Å². The van der Waals surface area contributed by atoms with Crippen molar-refractivity contribution in [3.63, 3.8) is 0 Å². The summed E-state index contributed by atoms with van der Waals surface area (Å²) in [6.45, 7) is 1.19. The predicted molar refractivity (Wildman–Crippen MR) is 87.2 cm³/mol. The molecular formula is C18H22O3Se. The van der Waals surface area contributed by atoms with Gasteiger partial charge >= 0.3 is 138 Å². The first-order valence-corrected chi connectivity index (χ1v) is 9.67. The van der Waals surface area contributed by atoms with E-state index >= 15 is 0 Å². The van der Waals surface area contributed by atoms with Crippen LogP contribution in [0.5, 0.6) is 0 Å². The first kappa shape index (κ1) is 15.9. The molecule has 4 heteroatoms. The van der Waals surface area contributed by atoms with Crippen LogP contribution in [-0.2, 0) is 14.3 Å². The van der Waals surface area contributed by atoms with Crippen molar-refractivity contribution < 1.29 is 14.3 Å². The molecule has 2 fully saturated rings. The van der Waals surface area contributed by atoms with E-state index in [1.165, 1.54) is 12.8 Å². The van der Waals surface area contributed by atoms with E-state index in [2.05, 4.69) is 12.2 Å². The number of ether oxygens (including phenoxy) is 2. The molecule has 118 valence electrons. The Hall–Kier alpha value is -0.931. The fraction of sp³-hybridized carbons (Fsp3) is 0.500. The quantitative estimate of drug-likeness (QED) is 0.524. The minimum absolute atomic E-state index is 0.159. The molecule has 0 aromatic heterocycles. The second-order valence-corrected chi connectivity index (χ2v) is 8.25. The zero-order valence-electron chi connectivity index (χ0n) is 12.7. The Morgan fingerprint density at radius 3 is 2.64 bits per heavy atom. The molecule has 1 saturated heterocycles. The molecule has 1 aliphatic carbocycles. The van der Waals surface area contributed by atoms with Crippen LogP contribution in [0.4, 0.5) is 0 Å². The van der Waals surface area contributed by atoms with Gasteiger partial charge < -0.3 is 0 Å². The van der Waals surface area contributed by atoms with Crippen molar-refractivity contribution >= 4 is 24.1 Å². The number of rotatable bonds is 8. The molecule has 0 spiro atoms. The molecule has 2 aliphatic rings. The molecule has 22 heavy (non-hydrogen) atoms. The van der Waals surface area contributed by atoms with Crippen molar-refractivity contribution in [2.45, 2.75) is 37.9 Å². The van der Waals surface area contributed by atoms with Crippen molar-refractivity contribution in [3.8, 4) is 0 Å². The van der Waals surface area contributed by atoms with Gasteiger partial charge in [-0.05, 0) is 0 Å². The molecule has 1 heterocycles. The van der Waals surface area contributed by atoms with Gasteiger partial charge in [0.15, 0.2) is 0 Å². The van der Waals surface area contributed by atoms with Gasteiger partial charge in [-0.3, -0.25) is 0 Å². The van der Waals surface area contributed by atoms with Gasteiger partial charge in [0.05, 0.1) is 0 Å². The second kappa shape index (κ2) is 7.56. The Bertz CT molecular complexity index is 516. The summed E-state index contributed by atoms with van der Waals surface area (Å²) >= 11 is -0.159. The summed E-state index contributed by atoms with van der Waals surface area (Å²) in [6, 6.07) is 9.95. The van der Waals surface area contributed by atoms with Crippen molar-refractivity contribution in [1.29, 1.82) is 0 Å². The van der Waals surface area contributed by atoms with E-state index in [0.29, 0.717) is 19.6 Å². The normalized spacial score (nSPS) is 20.5. The number of carbonyl (C=O) groups excluding carboxylic acids is 1. The van der Waals surface area contributed by atoms with Crippen LogP contribution in [0.15, 0.2) is 42.5 Å². The van der Waals surface area contributed by atoms with E-state index in [-0.39, 0.29) is 19.6 Å². The zero-order valence-corrected chi connectivity index (χ0v) is 14.4. The predicted octanol–water partition coefficient (Wildman–Crippen LogP) is 2.42. The van der Waals surface area contributed by atoms with Gasteiger partial charge in [0.25, 0.3) is 0 Å². The van der Waals surface area contributed by atoms with Crippen molar-refractivity contribution in [3.05, 3.63) is 42.5 Å². The molecule has 0 atom stereocenters. The molecule has 0 bridgehead atoms. The molecule has 0 N–H and O–H groups in total. The Balaban J connectivity index is 1.52. The van der Waals surface area contributed by atoms with Crippen LogP contribution in [0.1, 0.15) is 32.1 Å². The van der Waals surface area contributed by atoms with E-state index < -0.39 is 5.79 Å². The van der Waals surface area contributed by atoms with Crippen LogP contribution in [-0.4, -0.2) is 38.6 Å². The number of hydrogen-bond donors (Lipinski definition) is 0. The monoisotopic (exact) mass is 366 g/mol. The van der Waals surface area contributed by atoms with Crippen LogP contribution in [0.25, 0.3) is 0 Å². The van der Waals surface area contributed by atoms with E-state index in [0.717, 1.165) is 23.2 Å². The Morgan fingerprint density at radius 1 is 1.23 bits per heavy atom. The molecule has 1 aliphatic heterocycles. The molecule has 3 nitrogen and oxygen atoms in total. The van der Waals surface area contributed by atoms with Gasteiger partial charge in [-0.2, -0.15) is 0 Å². The number of allylic oxidation sites excluding steroid dienone is 2. The average molecular weight is 365 g/mol. The average Bonchev–Trinajstić information content (AvgIpc) is 3.24. The molecule has 0 unspecified atom stereocenters. The van der Waals surface area contributed by atoms with Crippen LogP contribution in [0.3, 0.4) is 0 Å². The van der Waals surface area contributed by atoms with E-state index in [9.17, 15) is 4.79 Å². The number of benzene rings is 1. The standard InChI is InChI=1S/C18H22O3Se/c19-17(22-16-7-2-1-3-8-16)14-18(20-12-13-21-18)11-5-4-6-15-9-10-15/h1-4,6-8,15H,5,9-14H2/b6-4-. The maximum absolute atomic E-state index is 12.4. The van der Waals surface area contributed by atoms with Gasteiger partial charge in [0, 0.05) is 0 Å². The maximum atomic E-state index is 12.4. The molecule has 1 aromatic carbocycles. The van der Waals surface area contributed by atoms with E-state index in [1.807, 2.05) is 30.3 Å². The molecular weight excluding hydrogens is 343 g/mol. The summed E-state index contributed by atoms with van der Waals surface area (Å²) in [7, 11) is 0. The van der Waals surface area contributed by atoms with Gasteiger partial charge in [-0.15, -0.1) is 0 Å². The summed E-state index contributed by atoms with van der Waals surface area (Å²) in [5, 5.41) is 0. The first-order chi connectivity index (χ1) is 10.8. The fourth-order valence-corrected chi connectivity index (χ4v) is 4.37. The summed E-state index contributed by atoms with van der Waals surface area (Å²) in [5.74, 6) is 0.117. The van der Waals surface area contributed by atoms with Crippen molar-refractivity contribution in [2.24, 2.45) is 5.92 Å². The van der Waals surface area contributed by atoms with E-state index in [4.69, 9.17) is 9.47 Å². The zero-order chi connectivity index (χ0) is 15.3. The molecule has 1 aromatic rings. The van der Waals surface area contributed by atoms with Crippen LogP contribution in [0.2, 0.25) is 0 Å². The third-order valence-corrected chi connectivity index (χ3v) is 5.77.